The molecule has 1 fully saturated rings. The van der Waals surface area contributed by atoms with Gasteiger partial charge in [0.15, 0.2) is 0 Å². The minimum Gasteiger partial charge on any atom is -0.299 e. The molecule has 1 aromatic rings. The summed E-state index contributed by atoms with van der Waals surface area (Å²) in [5.74, 6) is 0. The Morgan fingerprint density at radius 2 is 2.42 bits per heavy atom. The Bertz CT molecular complexity index is 271. The number of nitrogens with zero attached hydrogens (tertiary/aromatic N) is 1. The second-order valence-corrected chi connectivity index (χ2v) is 5.78. The van der Waals surface area contributed by atoms with Crippen LogP contribution in [0.2, 0.25) is 0 Å². The Hall–Kier alpha value is 0.140. The van der Waals surface area contributed by atoms with Crippen LogP contribution in [0.5, 0.6) is 0 Å². The van der Waals surface area contributed by atoms with E-state index in [1.165, 1.54) is 28.0 Å². The number of halogens is 1. The van der Waals surface area contributed by atoms with Crippen LogP contribution in [0.3, 0.4) is 0 Å². The first-order valence-electron chi connectivity index (χ1n) is 4.23. The van der Waals surface area contributed by atoms with Crippen molar-refractivity contribution in [3.05, 3.63) is 20.8 Å². The van der Waals surface area contributed by atoms with Gasteiger partial charge < -0.3 is 0 Å². The third kappa shape index (κ3) is 1.58. The summed E-state index contributed by atoms with van der Waals surface area (Å²) in [6, 6.07) is 5.06. The second kappa shape index (κ2) is 3.48. The van der Waals surface area contributed by atoms with Crippen molar-refractivity contribution in [3.8, 4) is 0 Å². The topological polar surface area (TPSA) is 3.24 Å². The number of hydrogen-bond donors (Lipinski definition) is 0. The molecule has 0 bridgehead atoms. The minimum atomic E-state index is 0.682. The fraction of sp³-hybridized carbons (Fsp3) is 0.556. The van der Waals surface area contributed by atoms with E-state index in [-0.39, 0.29) is 0 Å². The molecule has 1 unspecified atom stereocenters. The predicted molar refractivity (Wildman–Crippen MR) is 56.6 cm³/mol. The first-order chi connectivity index (χ1) is 5.77. The van der Waals surface area contributed by atoms with E-state index in [1.54, 1.807) is 0 Å². The summed E-state index contributed by atoms with van der Waals surface area (Å²) in [7, 11) is 2.21. The summed E-state index contributed by atoms with van der Waals surface area (Å²) in [6.45, 7) is 1.25. The maximum atomic E-state index is 3.50. The molecule has 0 aromatic carbocycles. The zero-order valence-corrected chi connectivity index (χ0v) is 9.49. The maximum Gasteiger partial charge on any atom is 0.0701 e. The van der Waals surface area contributed by atoms with Crippen molar-refractivity contribution in [3.63, 3.8) is 0 Å². The van der Waals surface area contributed by atoms with Gasteiger partial charge in [-0.1, -0.05) is 0 Å². The fourth-order valence-corrected chi connectivity index (χ4v) is 3.40. The van der Waals surface area contributed by atoms with Crippen LogP contribution >= 0.6 is 27.3 Å². The van der Waals surface area contributed by atoms with Crippen molar-refractivity contribution in [2.75, 3.05) is 13.6 Å². The molecule has 0 aliphatic carbocycles. The summed E-state index contributed by atoms with van der Waals surface area (Å²) in [4.78, 5) is 3.94. The van der Waals surface area contributed by atoms with Gasteiger partial charge in [0.2, 0.25) is 0 Å². The molecular weight excluding hydrogens is 234 g/mol. The van der Waals surface area contributed by atoms with Crippen LogP contribution in [0.4, 0.5) is 0 Å². The third-order valence-electron chi connectivity index (χ3n) is 2.44. The highest BCUT2D eigenvalue weighted by Gasteiger charge is 2.23. The lowest BCUT2D eigenvalue weighted by molar-refractivity contribution is 0.321. The van der Waals surface area contributed by atoms with Crippen LogP contribution in [0, 0.1) is 0 Å². The van der Waals surface area contributed by atoms with Crippen LogP contribution < -0.4 is 0 Å². The molecule has 1 aliphatic rings. The molecule has 0 N–H and O–H groups in total. The molecule has 0 saturated carbocycles. The van der Waals surface area contributed by atoms with E-state index < -0.39 is 0 Å². The molecular formula is C9H12BrNS. The smallest absolute Gasteiger partial charge is 0.0701 e. The van der Waals surface area contributed by atoms with Crippen LogP contribution in [0.15, 0.2) is 15.9 Å². The van der Waals surface area contributed by atoms with Crippen LogP contribution in [0.25, 0.3) is 0 Å². The summed E-state index contributed by atoms with van der Waals surface area (Å²) in [5.41, 5.74) is 0. The van der Waals surface area contributed by atoms with Crippen molar-refractivity contribution < 1.29 is 0 Å². The molecule has 1 nitrogen and oxygen atoms in total. The largest absolute Gasteiger partial charge is 0.299 e. The zero-order chi connectivity index (χ0) is 8.55. The Balaban J connectivity index is 2.19. The first kappa shape index (κ1) is 8.73. The Morgan fingerprint density at radius 1 is 1.58 bits per heavy atom. The highest BCUT2D eigenvalue weighted by Crippen LogP contribution is 2.36. The summed E-state index contributed by atoms with van der Waals surface area (Å²) in [5, 5.41) is 0. The summed E-state index contributed by atoms with van der Waals surface area (Å²) >= 11 is 5.36. The van der Waals surface area contributed by atoms with Crippen LogP contribution in [0.1, 0.15) is 23.8 Å². The van der Waals surface area contributed by atoms with E-state index >= 15 is 0 Å². The average Bonchev–Trinajstić information content (AvgIpc) is 2.58. The van der Waals surface area contributed by atoms with Gasteiger partial charge in [0.25, 0.3) is 0 Å². The SMILES string of the molecule is CN1CCCC1c1ccc(Br)s1. The molecule has 1 saturated heterocycles. The number of hydrogen-bond acceptors (Lipinski definition) is 2. The first-order valence-corrected chi connectivity index (χ1v) is 5.84. The van der Waals surface area contributed by atoms with Crippen LogP contribution in [-0.2, 0) is 0 Å². The van der Waals surface area contributed by atoms with Gasteiger partial charge in [-0.15, -0.1) is 11.3 Å². The van der Waals surface area contributed by atoms with Gasteiger partial charge in [-0.3, -0.25) is 4.90 Å². The molecule has 0 radical (unpaired) electrons. The van der Waals surface area contributed by atoms with E-state index in [4.69, 9.17) is 0 Å². The van der Waals surface area contributed by atoms with Gasteiger partial charge in [-0.2, -0.15) is 0 Å². The Morgan fingerprint density at radius 3 is 2.92 bits per heavy atom. The zero-order valence-electron chi connectivity index (χ0n) is 7.09. The molecule has 1 atom stereocenters. The van der Waals surface area contributed by atoms with Gasteiger partial charge >= 0.3 is 0 Å². The van der Waals surface area contributed by atoms with E-state index in [9.17, 15) is 0 Å². The highest BCUT2D eigenvalue weighted by atomic mass is 79.9. The monoisotopic (exact) mass is 245 g/mol. The molecule has 66 valence electrons. The van der Waals surface area contributed by atoms with Gasteiger partial charge in [0, 0.05) is 10.9 Å². The van der Waals surface area contributed by atoms with Gasteiger partial charge in [0.05, 0.1) is 3.79 Å². The average molecular weight is 246 g/mol. The Kier molecular flexibility index (Phi) is 2.53. The maximum absolute atomic E-state index is 3.50. The predicted octanol–water partition coefficient (Wildman–Crippen LogP) is 3.28. The molecule has 2 rings (SSSR count). The van der Waals surface area contributed by atoms with Crippen molar-refractivity contribution >= 4 is 27.3 Å². The van der Waals surface area contributed by atoms with Crippen molar-refractivity contribution in [1.82, 2.24) is 4.90 Å². The van der Waals surface area contributed by atoms with Gasteiger partial charge in [-0.05, 0) is 54.5 Å². The van der Waals surface area contributed by atoms with Gasteiger partial charge in [0.1, 0.15) is 0 Å². The molecule has 1 aromatic heterocycles. The van der Waals surface area contributed by atoms with Crippen LogP contribution in [-0.4, -0.2) is 18.5 Å². The number of rotatable bonds is 1. The number of likely N-dealkylation sites (tertiary alicyclic amines) is 1. The minimum absolute atomic E-state index is 0.682. The van der Waals surface area contributed by atoms with E-state index in [0.29, 0.717) is 6.04 Å². The number of thiophene rings is 1. The normalized spacial score (nSPS) is 25.0. The molecule has 0 spiro atoms. The van der Waals surface area contributed by atoms with E-state index in [0.717, 1.165) is 0 Å². The summed E-state index contributed by atoms with van der Waals surface area (Å²) in [6.07, 6.45) is 2.67. The lowest BCUT2D eigenvalue weighted by Gasteiger charge is -2.17. The lowest BCUT2D eigenvalue weighted by atomic mass is 10.2. The van der Waals surface area contributed by atoms with Crippen molar-refractivity contribution in [2.24, 2.45) is 0 Å². The Labute approximate surface area is 85.5 Å². The molecule has 1 aliphatic heterocycles. The second-order valence-electron chi connectivity index (χ2n) is 3.28. The molecule has 12 heavy (non-hydrogen) atoms. The molecule has 0 amide bonds. The van der Waals surface area contributed by atoms with Crippen molar-refractivity contribution in [2.45, 2.75) is 18.9 Å². The standard InChI is InChI=1S/C9H12BrNS/c1-11-6-2-3-7(11)8-4-5-9(10)12-8/h4-5,7H,2-3,6H2,1H3. The third-order valence-corrected chi connectivity index (χ3v) is 4.17. The van der Waals surface area contributed by atoms with E-state index in [2.05, 4.69) is 40.0 Å². The van der Waals surface area contributed by atoms with E-state index in [1.807, 2.05) is 11.3 Å². The fourth-order valence-electron chi connectivity index (χ4n) is 1.78. The molecule has 2 heterocycles. The highest BCUT2D eigenvalue weighted by molar-refractivity contribution is 9.11. The lowest BCUT2D eigenvalue weighted by Crippen LogP contribution is -2.16. The molecule has 3 heteroatoms. The summed E-state index contributed by atoms with van der Waals surface area (Å²) < 4.78 is 1.25. The quantitative estimate of drug-likeness (QED) is 0.735. The van der Waals surface area contributed by atoms with Gasteiger partial charge in [-0.25, -0.2) is 0 Å². The van der Waals surface area contributed by atoms with Crippen molar-refractivity contribution in [1.29, 1.82) is 0 Å².